The first kappa shape index (κ1) is 19.6. The van der Waals surface area contributed by atoms with Crippen LogP contribution >= 0.6 is 11.6 Å². The molecule has 0 aliphatic carbocycles. The Balaban J connectivity index is 1.39. The van der Waals surface area contributed by atoms with Gasteiger partial charge < -0.3 is 5.32 Å². The smallest absolute Gasteiger partial charge is 0.258 e. The summed E-state index contributed by atoms with van der Waals surface area (Å²) in [4.78, 5) is 14.8. The van der Waals surface area contributed by atoms with Gasteiger partial charge in [-0.3, -0.25) is 9.69 Å². The van der Waals surface area contributed by atoms with Gasteiger partial charge in [0.15, 0.2) is 0 Å². The van der Waals surface area contributed by atoms with E-state index in [0.29, 0.717) is 22.9 Å². The average Bonchev–Trinajstić information content (AvgIpc) is 3.18. The van der Waals surface area contributed by atoms with E-state index in [2.05, 4.69) is 15.3 Å². The van der Waals surface area contributed by atoms with Crippen molar-refractivity contribution in [3.8, 4) is 0 Å². The van der Waals surface area contributed by atoms with Crippen molar-refractivity contribution >= 4 is 23.3 Å². The predicted molar refractivity (Wildman–Crippen MR) is 112 cm³/mol. The minimum atomic E-state index is -0.255. The topological polar surface area (TPSA) is 50.2 Å². The van der Waals surface area contributed by atoms with Crippen molar-refractivity contribution in [3.63, 3.8) is 0 Å². The number of carbonyl (C=O) groups is 1. The van der Waals surface area contributed by atoms with Gasteiger partial charge >= 0.3 is 0 Å². The Kier molecular flexibility index (Phi) is 5.92. The van der Waals surface area contributed by atoms with E-state index in [-0.39, 0.29) is 17.8 Å². The number of amides is 1. The molecule has 0 radical (unpaired) electrons. The van der Waals surface area contributed by atoms with Gasteiger partial charge in [0.05, 0.1) is 22.8 Å². The molecule has 150 valence electrons. The summed E-state index contributed by atoms with van der Waals surface area (Å²) in [5.41, 5.74) is 1.15. The first-order chi connectivity index (χ1) is 14.1. The van der Waals surface area contributed by atoms with Crippen molar-refractivity contribution in [2.75, 3.05) is 18.4 Å². The van der Waals surface area contributed by atoms with Crippen molar-refractivity contribution in [2.24, 2.45) is 0 Å². The quantitative estimate of drug-likeness (QED) is 0.657. The van der Waals surface area contributed by atoms with E-state index in [4.69, 9.17) is 11.6 Å². The number of halogens is 2. The second kappa shape index (κ2) is 8.76. The summed E-state index contributed by atoms with van der Waals surface area (Å²) in [6, 6.07) is 15.8. The van der Waals surface area contributed by atoms with Gasteiger partial charge in [0, 0.05) is 31.3 Å². The van der Waals surface area contributed by atoms with Crippen LogP contribution in [-0.2, 0) is 6.54 Å². The summed E-state index contributed by atoms with van der Waals surface area (Å²) in [6.07, 6.45) is 3.45. The fourth-order valence-corrected chi connectivity index (χ4v) is 3.94. The Labute approximate surface area is 174 Å². The molecule has 1 fully saturated rings. The van der Waals surface area contributed by atoms with Gasteiger partial charge in [0.25, 0.3) is 5.91 Å². The van der Waals surface area contributed by atoms with E-state index in [1.54, 1.807) is 42.6 Å². The number of likely N-dealkylation sites (tertiary alicyclic amines) is 1. The average molecular weight is 413 g/mol. The predicted octanol–water partition coefficient (Wildman–Crippen LogP) is 4.77. The molecule has 29 heavy (non-hydrogen) atoms. The van der Waals surface area contributed by atoms with Gasteiger partial charge in [0.1, 0.15) is 11.6 Å². The highest BCUT2D eigenvalue weighted by molar-refractivity contribution is 6.34. The zero-order chi connectivity index (χ0) is 20.2. The van der Waals surface area contributed by atoms with Crippen LogP contribution < -0.4 is 5.32 Å². The summed E-state index contributed by atoms with van der Waals surface area (Å²) in [5.74, 6) is 0.239. The van der Waals surface area contributed by atoms with E-state index < -0.39 is 0 Å². The van der Waals surface area contributed by atoms with Crippen molar-refractivity contribution in [3.05, 3.63) is 82.8 Å². The Bertz CT molecular complexity index is 998. The van der Waals surface area contributed by atoms with Crippen LogP contribution in [0.4, 0.5) is 10.2 Å². The third-order valence-electron chi connectivity index (χ3n) is 5.29. The molecule has 1 amide bonds. The number of rotatable bonds is 5. The molecular formula is C22H22ClFN4O. The largest absolute Gasteiger partial charge is 0.307 e. The van der Waals surface area contributed by atoms with Crippen LogP contribution in [0.25, 0.3) is 0 Å². The third-order valence-corrected chi connectivity index (χ3v) is 5.61. The summed E-state index contributed by atoms with van der Waals surface area (Å²) in [5, 5.41) is 7.75. The maximum Gasteiger partial charge on any atom is 0.258 e. The van der Waals surface area contributed by atoms with Gasteiger partial charge in [-0.05, 0) is 31.0 Å². The molecular weight excluding hydrogens is 391 g/mol. The lowest BCUT2D eigenvalue weighted by Gasteiger charge is -2.32. The molecule has 1 N–H and O–H groups in total. The van der Waals surface area contributed by atoms with Crippen molar-refractivity contribution in [2.45, 2.75) is 25.4 Å². The van der Waals surface area contributed by atoms with E-state index >= 15 is 0 Å². The lowest BCUT2D eigenvalue weighted by atomic mass is 10.0. The molecule has 1 aliphatic heterocycles. The van der Waals surface area contributed by atoms with Crippen LogP contribution in [-0.4, -0.2) is 33.7 Å². The summed E-state index contributed by atoms with van der Waals surface area (Å²) in [7, 11) is 0. The number of aromatic nitrogens is 2. The van der Waals surface area contributed by atoms with Crippen molar-refractivity contribution in [1.29, 1.82) is 0 Å². The molecule has 0 saturated carbocycles. The molecule has 7 heteroatoms. The Morgan fingerprint density at radius 2 is 1.83 bits per heavy atom. The maximum atomic E-state index is 13.9. The Morgan fingerprint density at radius 1 is 1.10 bits per heavy atom. The van der Waals surface area contributed by atoms with Crippen LogP contribution in [0.5, 0.6) is 0 Å². The van der Waals surface area contributed by atoms with Gasteiger partial charge in [-0.15, -0.1) is 0 Å². The second-order valence-electron chi connectivity index (χ2n) is 7.19. The molecule has 5 nitrogen and oxygen atoms in total. The zero-order valence-corrected chi connectivity index (χ0v) is 16.6. The SMILES string of the molecule is O=C(Nc1ccnn1C1CCN(Cc2ccccc2F)CC1)c1ccccc1Cl. The fourth-order valence-electron chi connectivity index (χ4n) is 3.72. The summed E-state index contributed by atoms with van der Waals surface area (Å²) in [6.45, 7) is 2.29. The van der Waals surface area contributed by atoms with Crippen LogP contribution in [0.2, 0.25) is 5.02 Å². The molecule has 0 atom stereocenters. The second-order valence-corrected chi connectivity index (χ2v) is 7.60. The number of anilines is 1. The highest BCUT2D eigenvalue weighted by atomic mass is 35.5. The lowest BCUT2D eigenvalue weighted by Crippen LogP contribution is -2.35. The number of nitrogens with zero attached hydrogens (tertiary/aromatic N) is 3. The van der Waals surface area contributed by atoms with E-state index in [0.717, 1.165) is 31.5 Å². The molecule has 4 rings (SSSR count). The lowest BCUT2D eigenvalue weighted by molar-refractivity contribution is 0.102. The molecule has 0 spiro atoms. The first-order valence-electron chi connectivity index (χ1n) is 9.67. The molecule has 2 heterocycles. The fraction of sp³-hybridized carbons (Fsp3) is 0.273. The van der Waals surface area contributed by atoms with Crippen LogP contribution in [0.15, 0.2) is 60.8 Å². The Morgan fingerprint density at radius 3 is 2.59 bits per heavy atom. The number of benzene rings is 2. The first-order valence-corrected chi connectivity index (χ1v) is 10.0. The van der Waals surface area contributed by atoms with Gasteiger partial charge in [-0.2, -0.15) is 5.10 Å². The monoisotopic (exact) mass is 412 g/mol. The molecule has 1 aliphatic rings. The Hall–Kier alpha value is -2.70. The van der Waals surface area contributed by atoms with E-state index in [1.807, 2.05) is 16.8 Å². The van der Waals surface area contributed by atoms with Crippen molar-refractivity contribution < 1.29 is 9.18 Å². The highest BCUT2D eigenvalue weighted by Crippen LogP contribution is 2.27. The minimum Gasteiger partial charge on any atom is -0.307 e. The molecule has 1 aromatic heterocycles. The zero-order valence-electron chi connectivity index (χ0n) is 15.9. The van der Waals surface area contributed by atoms with Crippen LogP contribution in [0.1, 0.15) is 34.8 Å². The minimum absolute atomic E-state index is 0.161. The number of hydrogen-bond acceptors (Lipinski definition) is 3. The summed E-state index contributed by atoms with van der Waals surface area (Å²) < 4.78 is 15.8. The summed E-state index contributed by atoms with van der Waals surface area (Å²) >= 11 is 6.13. The van der Waals surface area contributed by atoms with Gasteiger partial charge in [0.2, 0.25) is 0 Å². The molecule has 0 unspecified atom stereocenters. The highest BCUT2D eigenvalue weighted by Gasteiger charge is 2.24. The molecule has 0 bridgehead atoms. The van der Waals surface area contributed by atoms with Gasteiger partial charge in [-0.25, -0.2) is 9.07 Å². The van der Waals surface area contributed by atoms with Crippen LogP contribution in [0, 0.1) is 5.82 Å². The standard InChI is InChI=1S/C22H22ClFN4O/c23-19-7-3-2-6-18(19)22(29)26-21-9-12-25-28(21)17-10-13-27(14-11-17)15-16-5-1-4-8-20(16)24/h1-9,12,17H,10-11,13-15H2,(H,26,29). The van der Waals surface area contributed by atoms with E-state index in [9.17, 15) is 9.18 Å². The molecule has 3 aromatic rings. The number of piperidine rings is 1. The maximum absolute atomic E-state index is 13.9. The molecule has 2 aromatic carbocycles. The normalized spacial score (nSPS) is 15.4. The number of hydrogen-bond donors (Lipinski definition) is 1. The van der Waals surface area contributed by atoms with Crippen LogP contribution in [0.3, 0.4) is 0 Å². The third kappa shape index (κ3) is 4.49. The molecule has 1 saturated heterocycles. The van der Waals surface area contributed by atoms with E-state index in [1.165, 1.54) is 6.07 Å². The van der Waals surface area contributed by atoms with Crippen molar-refractivity contribution in [1.82, 2.24) is 14.7 Å². The number of carbonyl (C=O) groups excluding carboxylic acids is 1. The number of nitrogens with one attached hydrogen (secondary N) is 1. The van der Waals surface area contributed by atoms with Gasteiger partial charge in [-0.1, -0.05) is 41.9 Å².